The van der Waals surface area contributed by atoms with Crippen molar-refractivity contribution in [1.29, 1.82) is 0 Å². The average Bonchev–Trinajstić information content (AvgIpc) is 2.01. The van der Waals surface area contributed by atoms with Crippen LogP contribution in [0.15, 0.2) is 0 Å². The van der Waals surface area contributed by atoms with Gasteiger partial charge < -0.3 is 5.11 Å². The van der Waals surface area contributed by atoms with E-state index in [1.807, 2.05) is 0 Å². The van der Waals surface area contributed by atoms with E-state index in [9.17, 15) is 4.79 Å². The van der Waals surface area contributed by atoms with E-state index in [4.69, 9.17) is 5.11 Å². The smallest absolute Gasteiger partial charge is 0.304 e. The molecule has 3 nitrogen and oxygen atoms in total. The first-order valence-electron chi connectivity index (χ1n) is 4.99. The van der Waals surface area contributed by atoms with Gasteiger partial charge in [-0.25, -0.2) is 0 Å². The fourth-order valence-corrected chi connectivity index (χ4v) is 1.97. The van der Waals surface area contributed by atoms with Crippen LogP contribution in [0, 0.1) is 0 Å². The number of carboxylic acids is 1. The second-order valence-electron chi connectivity index (χ2n) is 4.40. The largest absolute Gasteiger partial charge is 0.481 e. The second-order valence-corrected chi connectivity index (χ2v) is 4.40. The highest BCUT2D eigenvalue weighted by Crippen LogP contribution is 2.26. The fraction of sp³-hybridized carbons (Fsp3) is 0.900. The van der Waals surface area contributed by atoms with Gasteiger partial charge in [-0.2, -0.15) is 0 Å². The maximum atomic E-state index is 10.4. The summed E-state index contributed by atoms with van der Waals surface area (Å²) in [6.45, 7) is 6.16. The molecule has 0 amide bonds. The Morgan fingerprint density at radius 2 is 2.15 bits per heavy atom. The Kier molecular flexibility index (Phi) is 3.31. The number of rotatable bonds is 3. The van der Waals surface area contributed by atoms with Gasteiger partial charge in [0.1, 0.15) is 0 Å². The van der Waals surface area contributed by atoms with Crippen molar-refractivity contribution in [2.75, 3.05) is 13.1 Å². The van der Waals surface area contributed by atoms with Crippen LogP contribution in [0.1, 0.15) is 39.5 Å². The minimum atomic E-state index is -0.693. The van der Waals surface area contributed by atoms with E-state index in [1.165, 1.54) is 19.3 Å². The SMILES string of the molecule is CC1(C)CCCCN1CCC(=O)O. The van der Waals surface area contributed by atoms with E-state index >= 15 is 0 Å². The Hall–Kier alpha value is -0.570. The molecular weight excluding hydrogens is 166 g/mol. The van der Waals surface area contributed by atoms with Crippen LogP contribution in [-0.4, -0.2) is 34.6 Å². The van der Waals surface area contributed by atoms with Gasteiger partial charge in [-0.15, -0.1) is 0 Å². The number of carboxylic acid groups (broad SMARTS) is 1. The molecule has 0 unspecified atom stereocenters. The molecular formula is C10H19NO2. The monoisotopic (exact) mass is 185 g/mol. The first-order valence-corrected chi connectivity index (χ1v) is 4.99. The van der Waals surface area contributed by atoms with Gasteiger partial charge >= 0.3 is 5.97 Å². The zero-order valence-electron chi connectivity index (χ0n) is 8.55. The molecule has 0 spiro atoms. The van der Waals surface area contributed by atoms with Gasteiger partial charge in [0.2, 0.25) is 0 Å². The zero-order valence-corrected chi connectivity index (χ0v) is 8.55. The molecule has 1 N–H and O–H groups in total. The summed E-state index contributed by atoms with van der Waals surface area (Å²) in [7, 11) is 0. The number of hydrogen-bond donors (Lipinski definition) is 1. The van der Waals surface area contributed by atoms with Gasteiger partial charge in [-0.05, 0) is 33.2 Å². The van der Waals surface area contributed by atoms with Crippen LogP contribution in [0.3, 0.4) is 0 Å². The Morgan fingerprint density at radius 3 is 2.69 bits per heavy atom. The van der Waals surface area contributed by atoms with Crippen LogP contribution in [0.5, 0.6) is 0 Å². The normalized spacial score (nSPS) is 22.9. The lowest BCUT2D eigenvalue weighted by Gasteiger charge is -2.42. The molecule has 1 saturated heterocycles. The third-order valence-corrected chi connectivity index (χ3v) is 2.92. The molecule has 1 rings (SSSR count). The molecule has 1 fully saturated rings. The number of carbonyl (C=O) groups is 1. The molecule has 0 aromatic heterocycles. The first-order chi connectivity index (χ1) is 6.02. The Morgan fingerprint density at radius 1 is 1.46 bits per heavy atom. The molecule has 1 aliphatic heterocycles. The van der Waals surface area contributed by atoms with Crippen molar-refractivity contribution in [1.82, 2.24) is 4.90 Å². The van der Waals surface area contributed by atoms with E-state index < -0.39 is 5.97 Å². The summed E-state index contributed by atoms with van der Waals surface area (Å²) >= 11 is 0. The topological polar surface area (TPSA) is 40.5 Å². The van der Waals surface area contributed by atoms with Crippen molar-refractivity contribution in [2.45, 2.75) is 45.1 Å². The predicted octanol–water partition coefficient (Wildman–Crippen LogP) is 1.73. The fourth-order valence-electron chi connectivity index (χ4n) is 1.97. The van der Waals surface area contributed by atoms with Crippen molar-refractivity contribution in [3.63, 3.8) is 0 Å². The molecule has 0 aliphatic carbocycles. The third kappa shape index (κ3) is 2.99. The van der Waals surface area contributed by atoms with E-state index in [0.717, 1.165) is 6.54 Å². The minimum Gasteiger partial charge on any atom is -0.481 e. The number of nitrogens with zero attached hydrogens (tertiary/aromatic N) is 1. The molecule has 13 heavy (non-hydrogen) atoms. The highest BCUT2D eigenvalue weighted by Gasteiger charge is 2.29. The van der Waals surface area contributed by atoms with Gasteiger partial charge in [-0.1, -0.05) is 6.42 Å². The van der Waals surface area contributed by atoms with Gasteiger partial charge in [0.15, 0.2) is 0 Å². The van der Waals surface area contributed by atoms with Crippen LogP contribution in [0.25, 0.3) is 0 Å². The number of hydrogen-bond acceptors (Lipinski definition) is 2. The quantitative estimate of drug-likeness (QED) is 0.728. The van der Waals surface area contributed by atoms with Crippen molar-refractivity contribution >= 4 is 5.97 Å². The van der Waals surface area contributed by atoms with Gasteiger partial charge in [0, 0.05) is 12.1 Å². The van der Waals surface area contributed by atoms with Crippen molar-refractivity contribution < 1.29 is 9.90 Å². The third-order valence-electron chi connectivity index (χ3n) is 2.92. The molecule has 0 saturated carbocycles. The predicted molar refractivity (Wildman–Crippen MR) is 51.8 cm³/mol. The highest BCUT2D eigenvalue weighted by atomic mass is 16.4. The van der Waals surface area contributed by atoms with Gasteiger partial charge in [-0.3, -0.25) is 9.69 Å². The molecule has 1 heterocycles. The van der Waals surface area contributed by atoms with Crippen LogP contribution in [0.4, 0.5) is 0 Å². The summed E-state index contributed by atoms with van der Waals surface area (Å²) in [5.74, 6) is -0.693. The molecule has 1 aliphatic rings. The summed E-state index contributed by atoms with van der Waals surface area (Å²) in [6.07, 6.45) is 3.94. The summed E-state index contributed by atoms with van der Waals surface area (Å²) in [4.78, 5) is 12.7. The zero-order chi connectivity index (χ0) is 9.90. The van der Waals surface area contributed by atoms with Crippen LogP contribution in [-0.2, 0) is 4.79 Å². The number of piperidine rings is 1. The van der Waals surface area contributed by atoms with Crippen LogP contribution < -0.4 is 0 Å². The van der Waals surface area contributed by atoms with Crippen molar-refractivity contribution in [3.8, 4) is 0 Å². The van der Waals surface area contributed by atoms with E-state index in [0.29, 0.717) is 6.54 Å². The highest BCUT2D eigenvalue weighted by molar-refractivity contribution is 5.66. The van der Waals surface area contributed by atoms with Crippen molar-refractivity contribution in [2.24, 2.45) is 0 Å². The second kappa shape index (κ2) is 4.09. The van der Waals surface area contributed by atoms with E-state index in [1.54, 1.807) is 0 Å². The van der Waals surface area contributed by atoms with Gasteiger partial charge in [0.25, 0.3) is 0 Å². The maximum absolute atomic E-state index is 10.4. The molecule has 0 aromatic rings. The van der Waals surface area contributed by atoms with E-state index in [-0.39, 0.29) is 12.0 Å². The molecule has 0 atom stereocenters. The molecule has 3 heteroatoms. The Labute approximate surface area is 79.7 Å². The van der Waals surface area contributed by atoms with E-state index in [2.05, 4.69) is 18.7 Å². The lowest BCUT2D eigenvalue weighted by molar-refractivity contribution is -0.137. The summed E-state index contributed by atoms with van der Waals surface area (Å²) < 4.78 is 0. The number of likely N-dealkylation sites (tertiary alicyclic amines) is 1. The minimum absolute atomic E-state index is 0.202. The Bertz CT molecular complexity index is 189. The molecule has 0 radical (unpaired) electrons. The molecule has 0 bridgehead atoms. The maximum Gasteiger partial charge on any atom is 0.304 e. The summed E-state index contributed by atoms with van der Waals surface area (Å²) in [5, 5.41) is 8.59. The average molecular weight is 185 g/mol. The number of aliphatic carboxylic acids is 1. The van der Waals surface area contributed by atoms with Crippen LogP contribution in [0.2, 0.25) is 0 Å². The van der Waals surface area contributed by atoms with Crippen molar-refractivity contribution in [3.05, 3.63) is 0 Å². The summed E-state index contributed by atoms with van der Waals surface area (Å²) in [5.41, 5.74) is 0.202. The lowest BCUT2D eigenvalue weighted by atomic mass is 9.90. The molecule has 76 valence electrons. The summed E-state index contributed by atoms with van der Waals surface area (Å²) in [6, 6.07) is 0. The lowest BCUT2D eigenvalue weighted by Crippen LogP contribution is -2.48. The van der Waals surface area contributed by atoms with Crippen LogP contribution >= 0.6 is 0 Å². The molecule has 0 aromatic carbocycles. The standard InChI is InChI=1S/C10H19NO2/c1-10(2)6-3-4-7-11(10)8-5-9(12)13/h3-8H2,1-2H3,(H,12,13). The van der Waals surface area contributed by atoms with Gasteiger partial charge in [0.05, 0.1) is 6.42 Å². The first kappa shape index (κ1) is 10.5. The Balaban J connectivity index is 2.41.